The molecule has 0 aliphatic heterocycles. The maximum atomic E-state index is 10.7. The minimum absolute atomic E-state index is 0.0684. The molecule has 6 heteroatoms. The van der Waals surface area contributed by atoms with E-state index in [0.717, 1.165) is 0 Å². The summed E-state index contributed by atoms with van der Waals surface area (Å²) in [6.07, 6.45) is -0.198. The van der Waals surface area contributed by atoms with E-state index in [2.05, 4.69) is 9.97 Å². The van der Waals surface area contributed by atoms with E-state index in [0.29, 0.717) is 22.3 Å². The molecule has 1 aromatic heterocycles. The minimum Gasteiger partial charge on any atom is -0.497 e. The van der Waals surface area contributed by atoms with Crippen LogP contribution in [0.4, 0.5) is 5.95 Å². The number of fused-ring (bicyclic) bond motifs is 1. The number of hydrogen-bond acceptors (Lipinski definition) is 5. The lowest BCUT2D eigenvalue weighted by Gasteiger charge is -2.06. The molecule has 0 radical (unpaired) electrons. The van der Waals surface area contributed by atoms with Crippen LogP contribution in [0.3, 0.4) is 0 Å². The molecule has 0 saturated carbocycles. The van der Waals surface area contributed by atoms with Crippen LogP contribution in [0.25, 0.3) is 10.9 Å². The van der Waals surface area contributed by atoms with Crippen molar-refractivity contribution < 1.29 is 14.6 Å². The molecular weight excluding hydrogens is 222 g/mol. The summed E-state index contributed by atoms with van der Waals surface area (Å²) in [6, 6.07) is 5.16. The number of methoxy groups -OCH3 is 1. The summed E-state index contributed by atoms with van der Waals surface area (Å²) < 4.78 is 5.08. The Labute approximate surface area is 97.1 Å². The van der Waals surface area contributed by atoms with E-state index in [9.17, 15) is 4.79 Å². The number of carboxylic acids is 1. The van der Waals surface area contributed by atoms with Gasteiger partial charge in [-0.2, -0.15) is 0 Å². The van der Waals surface area contributed by atoms with Gasteiger partial charge in [-0.25, -0.2) is 9.97 Å². The third-order valence-corrected chi connectivity index (χ3v) is 2.32. The average Bonchev–Trinajstić information content (AvgIpc) is 2.27. The zero-order valence-corrected chi connectivity index (χ0v) is 9.17. The molecule has 0 unspecified atom stereocenters. The summed E-state index contributed by atoms with van der Waals surface area (Å²) in [5.41, 5.74) is 6.52. The van der Waals surface area contributed by atoms with Gasteiger partial charge in [-0.05, 0) is 18.2 Å². The van der Waals surface area contributed by atoms with E-state index in [1.54, 1.807) is 18.2 Å². The van der Waals surface area contributed by atoms with Crippen molar-refractivity contribution in [2.75, 3.05) is 12.8 Å². The molecule has 17 heavy (non-hydrogen) atoms. The number of anilines is 1. The lowest BCUT2D eigenvalue weighted by atomic mass is 10.1. The van der Waals surface area contributed by atoms with Crippen LogP contribution >= 0.6 is 0 Å². The maximum absolute atomic E-state index is 10.7. The second-order valence-electron chi connectivity index (χ2n) is 3.48. The summed E-state index contributed by atoms with van der Waals surface area (Å²) in [7, 11) is 1.54. The highest BCUT2D eigenvalue weighted by Gasteiger charge is 2.10. The fourth-order valence-corrected chi connectivity index (χ4v) is 1.60. The molecule has 0 atom stereocenters. The van der Waals surface area contributed by atoms with Gasteiger partial charge in [0.1, 0.15) is 5.75 Å². The van der Waals surface area contributed by atoms with Crippen LogP contribution in [0.5, 0.6) is 5.75 Å². The molecule has 3 N–H and O–H groups in total. The van der Waals surface area contributed by atoms with Crippen LogP contribution in [-0.4, -0.2) is 28.2 Å². The molecule has 0 saturated heterocycles. The van der Waals surface area contributed by atoms with Gasteiger partial charge in [-0.15, -0.1) is 0 Å². The van der Waals surface area contributed by atoms with Crippen molar-refractivity contribution in [3.05, 3.63) is 23.9 Å². The third-order valence-electron chi connectivity index (χ3n) is 2.32. The van der Waals surface area contributed by atoms with E-state index in [4.69, 9.17) is 15.6 Å². The third kappa shape index (κ3) is 2.25. The number of hydrogen-bond donors (Lipinski definition) is 2. The van der Waals surface area contributed by atoms with Crippen molar-refractivity contribution in [2.24, 2.45) is 0 Å². The van der Waals surface area contributed by atoms with Gasteiger partial charge in [0.25, 0.3) is 0 Å². The standard InChI is InChI=1S/C11H11N3O3/c1-17-6-2-3-8-7(4-6)9(5-10(15)16)14-11(12)13-8/h2-4H,5H2,1H3,(H,15,16)(H2,12,13,14). The Hall–Kier alpha value is -2.37. The van der Waals surface area contributed by atoms with Gasteiger partial charge in [-0.3, -0.25) is 4.79 Å². The van der Waals surface area contributed by atoms with Crippen molar-refractivity contribution in [2.45, 2.75) is 6.42 Å². The maximum Gasteiger partial charge on any atom is 0.309 e. The van der Waals surface area contributed by atoms with Crippen molar-refractivity contribution in [3.63, 3.8) is 0 Å². The molecule has 0 spiro atoms. The molecule has 0 bridgehead atoms. The van der Waals surface area contributed by atoms with Gasteiger partial charge in [0.05, 0.1) is 24.7 Å². The van der Waals surface area contributed by atoms with Crippen molar-refractivity contribution >= 4 is 22.8 Å². The fraction of sp³-hybridized carbons (Fsp3) is 0.182. The number of ether oxygens (including phenoxy) is 1. The highest BCUT2D eigenvalue weighted by atomic mass is 16.5. The number of nitrogen functional groups attached to an aromatic ring is 1. The quantitative estimate of drug-likeness (QED) is 0.815. The molecule has 2 rings (SSSR count). The largest absolute Gasteiger partial charge is 0.497 e. The van der Waals surface area contributed by atoms with E-state index in [1.165, 1.54) is 7.11 Å². The predicted octanol–water partition coefficient (Wildman–Crippen LogP) is 0.848. The lowest BCUT2D eigenvalue weighted by molar-refractivity contribution is -0.136. The first-order valence-corrected chi connectivity index (χ1v) is 4.92. The lowest BCUT2D eigenvalue weighted by Crippen LogP contribution is -2.06. The van der Waals surface area contributed by atoms with Crippen LogP contribution in [0.2, 0.25) is 0 Å². The van der Waals surface area contributed by atoms with Crippen LogP contribution in [-0.2, 0) is 11.2 Å². The molecule has 88 valence electrons. The van der Waals surface area contributed by atoms with Gasteiger partial charge in [0.15, 0.2) is 0 Å². The van der Waals surface area contributed by atoms with Gasteiger partial charge in [0.2, 0.25) is 5.95 Å². The van der Waals surface area contributed by atoms with Crippen LogP contribution < -0.4 is 10.5 Å². The monoisotopic (exact) mass is 233 g/mol. The Balaban J connectivity index is 2.65. The van der Waals surface area contributed by atoms with Gasteiger partial charge in [0, 0.05) is 5.39 Å². The van der Waals surface area contributed by atoms with E-state index in [-0.39, 0.29) is 12.4 Å². The smallest absolute Gasteiger partial charge is 0.309 e. The molecule has 0 fully saturated rings. The van der Waals surface area contributed by atoms with Gasteiger partial charge < -0.3 is 15.6 Å². The molecule has 1 aromatic carbocycles. The normalized spacial score (nSPS) is 10.4. The summed E-state index contributed by atoms with van der Waals surface area (Å²) in [5, 5.41) is 9.45. The summed E-state index contributed by atoms with van der Waals surface area (Å²) in [5.74, 6) is -0.274. The Bertz CT molecular complexity index is 583. The molecule has 2 aromatic rings. The van der Waals surface area contributed by atoms with E-state index >= 15 is 0 Å². The second-order valence-corrected chi connectivity index (χ2v) is 3.48. The molecule has 1 heterocycles. The topological polar surface area (TPSA) is 98.3 Å². The number of benzene rings is 1. The highest BCUT2D eigenvalue weighted by molar-refractivity contribution is 5.86. The first-order valence-electron chi connectivity index (χ1n) is 4.92. The van der Waals surface area contributed by atoms with Gasteiger partial charge in [-0.1, -0.05) is 0 Å². The van der Waals surface area contributed by atoms with Gasteiger partial charge >= 0.3 is 5.97 Å². The zero-order chi connectivity index (χ0) is 12.4. The zero-order valence-electron chi connectivity index (χ0n) is 9.17. The van der Waals surface area contributed by atoms with E-state index in [1.807, 2.05) is 0 Å². The molecule has 0 aliphatic rings. The number of nitrogens with zero attached hydrogens (tertiary/aromatic N) is 2. The molecular formula is C11H11N3O3. The van der Waals surface area contributed by atoms with Crippen molar-refractivity contribution in [3.8, 4) is 5.75 Å². The molecule has 0 aliphatic carbocycles. The van der Waals surface area contributed by atoms with Crippen molar-refractivity contribution in [1.29, 1.82) is 0 Å². The fourth-order valence-electron chi connectivity index (χ4n) is 1.60. The summed E-state index contributed by atoms with van der Waals surface area (Å²) >= 11 is 0. The number of aromatic nitrogens is 2. The number of rotatable bonds is 3. The highest BCUT2D eigenvalue weighted by Crippen LogP contribution is 2.22. The number of aliphatic carboxylic acids is 1. The average molecular weight is 233 g/mol. The molecule has 0 amide bonds. The van der Waals surface area contributed by atoms with Crippen LogP contribution in [0.1, 0.15) is 5.69 Å². The number of nitrogens with two attached hydrogens (primary N) is 1. The minimum atomic E-state index is -0.966. The molecule has 6 nitrogen and oxygen atoms in total. The Kier molecular flexibility index (Phi) is 2.78. The van der Waals surface area contributed by atoms with Crippen molar-refractivity contribution in [1.82, 2.24) is 9.97 Å². The summed E-state index contributed by atoms with van der Waals surface area (Å²) in [6.45, 7) is 0. The number of carbonyl (C=O) groups is 1. The number of carboxylic acid groups (broad SMARTS) is 1. The Morgan fingerprint density at radius 2 is 2.24 bits per heavy atom. The summed E-state index contributed by atoms with van der Waals surface area (Å²) in [4.78, 5) is 18.7. The first kappa shape index (κ1) is 11.1. The Morgan fingerprint density at radius 3 is 2.88 bits per heavy atom. The Morgan fingerprint density at radius 1 is 1.47 bits per heavy atom. The van der Waals surface area contributed by atoms with E-state index < -0.39 is 5.97 Å². The van der Waals surface area contributed by atoms with Crippen LogP contribution in [0, 0.1) is 0 Å². The second kappa shape index (κ2) is 4.25. The first-order chi connectivity index (χ1) is 8.10. The SMILES string of the molecule is COc1ccc2nc(N)nc(CC(=O)O)c2c1. The predicted molar refractivity (Wildman–Crippen MR) is 61.8 cm³/mol. The van der Waals surface area contributed by atoms with Crippen LogP contribution in [0.15, 0.2) is 18.2 Å².